The van der Waals surface area contributed by atoms with Gasteiger partial charge in [0.15, 0.2) is 14.8 Å². The minimum absolute atomic E-state index is 0.104. The first-order chi connectivity index (χ1) is 13.7. The number of pyridine rings is 1. The summed E-state index contributed by atoms with van der Waals surface area (Å²) in [6.07, 6.45) is 7.44. The molecule has 10 heteroatoms. The summed E-state index contributed by atoms with van der Waals surface area (Å²) in [6.45, 7) is 2.10. The molecule has 0 aliphatic carbocycles. The molecule has 0 radical (unpaired) electrons. The second kappa shape index (κ2) is 7.12. The second-order valence-electron chi connectivity index (χ2n) is 6.80. The lowest BCUT2D eigenvalue weighted by Gasteiger charge is -2.31. The van der Waals surface area contributed by atoms with Gasteiger partial charge < -0.3 is 15.3 Å². The lowest BCUT2D eigenvalue weighted by atomic mass is 10.1. The number of hydrogen-bond acceptors (Lipinski definition) is 9. The quantitative estimate of drug-likeness (QED) is 0.472. The number of thiazole rings is 2. The first-order valence-corrected chi connectivity index (χ1v) is 10.7. The molecule has 0 atom stereocenters. The maximum Gasteiger partial charge on any atom is 0.188 e. The van der Waals surface area contributed by atoms with Gasteiger partial charge in [0.2, 0.25) is 0 Å². The number of rotatable bonds is 4. The van der Waals surface area contributed by atoms with E-state index in [0.29, 0.717) is 16.7 Å². The molecule has 1 saturated heterocycles. The monoisotopic (exact) mass is 413 g/mol. The van der Waals surface area contributed by atoms with Gasteiger partial charge in [-0.1, -0.05) is 22.7 Å². The lowest BCUT2D eigenvalue weighted by Crippen LogP contribution is -2.41. The third kappa shape index (κ3) is 3.13. The number of hydrogen-bond donors (Lipinski definition) is 3. The molecular formula is C18H19N7OS2. The van der Waals surface area contributed by atoms with Gasteiger partial charge >= 0.3 is 0 Å². The average Bonchev–Trinajstić information content (AvgIpc) is 3.44. The van der Waals surface area contributed by atoms with Gasteiger partial charge in [-0.3, -0.25) is 5.10 Å². The van der Waals surface area contributed by atoms with E-state index >= 15 is 0 Å². The van der Waals surface area contributed by atoms with E-state index < -0.39 is 0 Å². The third-order valence-electron chi connectivity index (χ3n) is 5.02. The molecule has 4 aromatic rings. The highest BCUT2D eigenvalue weighted by Crippen LogP contribution is 2.39. The first kappa shape index (κ1) is 17.5. The number of nitrogens with zero attached hydrogens (tertiary/aromatic N) is 5. The van der Waals surface area contributed by atoms with Crippen LogP contribution in [0.3, 0.4) is 0 Å². The van der Waals surface area contributed by atoms with Crippen molar-refractivity contribution in [1.29, 1.82) is 0 Å². The molecule has 0 amide bonds. The molecule has 5 rings (SSSR count). The van der Waals surface area contributed by atoms with Crippen LogP contribution in [0.1, 0.15) is 12.8 Å². The van der Waals surface area contributed by atoms with Crippen LogP contribution in [-0.2, 0) is 0 Å². The largest absolute Gasteiger partial charge is 0.506 e. The molecule has 1 fully saturated rings. The average molecular weight is 414 g/mol. The standard InChI is InChI=1S/C18H19N7OS2/c1-25(12-2-4-19-5-3-12)18-24-17-16(28-18)23-15(27-17)14-13(26)6-10(7-20-14)11-8-21-22-9-11/h6-9,12,19,26H,2-5H2,1H3,(H,21,22). The van der Waals surface area contributed by atoms with E-state index in [2.05, 4.69) is 37.4 Å². The smallest absolute Gasteiger partial charge is 0.188 e. The van der Waals surface area contributed by atoms with Crippen molar-refractivity contribution in [3.05, 3.63) is 24.7 Å². The fraction of sp³-hybridized carbons (Fsp3) is 0.333. The van der Waals surface area contributed by atoms with Gasteiger partial charge in [-0.25, -0.2) is 15.0 Å². The van der Waals surface area contributed by atoms with Crippen molar-refractivity contribution in [1.82, 2.24) is 30.5 Å². The number of nitrogens with one attached hydrogen (secondary N) is 2. The predicted molar refractivity (Wildman–Crippen MR) is 112 cm³/mol. The third-order valence-corrected chi connectivity index (χ3v) is 7.15. The van der Waals surface area contributed by atoms with Crippen molar-refractivity contribution in [3.8, 4) is 27.6 Å². The molecule has 0 saturated carbocycles. The van der Waals surface area contributed by atoms with Crippen molar-refractivity contribution < 1.29 is 5.11 Å². The Balaban J connectivity index is 1.42. The Morgan fingerprint density at radius 3 is 2.64 bits per heavy atom. The molecule has 5 heterocycles. The van der Waals surface area contributed by atoms with E-state index in [9.17, 15) is 5.11 Å². The van der Waals surface area contributed by atoms with E-state index in [0.717, 1.165) is 51.9 Å². The van der Waals surface area contributed by atoms with Gasteiger partial charge in [0.05, 0.1) is 6.20 Å². The van der Waals surface area contributed by atoms with Crippen LogP contribution < -0.4 is 10.2 Å². The fourth-order valence-corrected chi connectivity index (χ4v) is 5.50. The zero-order chi connectivity index (χ0) is 19.1. The van der Waals surface area contributed by atoms with Crippen LogP contribution in [0.4, 0.5) is 5.13 Å². The van der Waals surface area contributed by atoms with Gasteiger partial charge in [0.1, 0.15) is 16.5 Å². The SMILES string of the molecule is CN(c1nc2sc(-c3ncc(-c4cn[nH]c4)cc3O)nc2s1)C1CCNCC1. The number of aromatic hydroxyl groups is 1. The number of H-pyrrole nitrogens is 1. The summed E-state index contributed by atoms with van der Waals surface area (Å²) in [5.74, 6) is 0.104. The molecule has 4 aromatic heterocycles. The summed E-state index contributed by atoms with van der Waals surface area (Å²) in [5, 5.41) is 22.2. The topological polar surface area (TPSA) is 103 Å². The molecule has 144 valence electrons. The highest BCUT2D eigenvalue weighted by molar-refractivity contribution is 7.29. The summed E-state index contributed by atoms with van der Waals surface area (Å²) >= 11 is 3.05. The summed E-state index contributed by atoms with van der Waals surface area (Å²) in [5.41, 5.74) is 2.16. The number of fused-ring (bicyclic) bond motifs is 1. The van der Waals surface area contributed by atoms with Crippen molar-refractivity contribution in [2.75, 3.05) is 25.0 Å². The second-order valence-corrected chi connectivity index (χ2v) is 8.73. The Kier molecular flexibility index (Phi) is 4.46. The predicted octanol–water partition coefficient (Wildman–Crippen LogP) is 3.10. The number of anilines is 1. The summed E-state index contributed by atoms with van der Waals surface area (Å²) in [7, 11) is 2.11. The maximum atomic E-state index is 10.5. The number of aromatic nitrogens is 5. The summed E-state index contributed by atoms with van der Waals surface area (Å²) in [6, 6.07) is 2.20. The van der Waals surface area contributed by atoms with E-state index in [1.54, 1.807) is 36.0 Å². The highest BCUT2D eigenvalue weighted by atomic mass is 32.1. The van der Waals surface area contributed by atoms with Gasteiger partial charge in [-0.05, 0) is 32.0 Å². The molecule has 28 heavy (non-hydrogen) atoms. The molecule has 3 N–H and O–H groups in total. The van der Waals surface area contributed by atoms with Crippen molar-refractivity contribution in [3.63, 3.8) is 0 Å². The zero-order valence-corrected chi connectivity index (χ0v) is 16.8. The van der Waals surface area contributed by atoms with E-state index in [4.69, 9.17) is 4.98 Å². The minimum Gasteiger partial charge on any atom is -0.506 e. The molecule has 0 unspecified atom stereocenters. The molecule has 0 spiro atoms. The Morgan fingerprint density at radius 1 is 1.11 bits per heavy atom. The molecule has 8 nitrogen and oxygen atoms in total. The summed E-state index contributed by atoms with van der Waals surface area (Å²) < 4.78 is 0. The van der Waals surface area contributed by atoms with Crippen LogP contribution in [0.25, 0.3) is 31.5 Å². The van der Waals surface area contributed by atoms with Crippen molar-refractivity contribution in [2.24, 2.45) is 0 Å². The van der Waals surface area contributed by atoms with Gasteiger partial charge in [-0.2, -0.15) is 5.10 Å². The lowest BCUT2D eigenvalue weighted by molar-refractivity contribution is 0.443. The van der Waals surface area contributed by atoms with Crippen LogP contribution in [0, 0.1) is 0 Å². The van der Waals surface area contributed by atoms with Crippen molar-refractivity contribution >= 4 is 37.5 Å². The van der Waals surface area contributed by atoms with E-state index in [1.807, 2.05) is 0 Å². The number of aromatic amines is 1. The van der Waals surface area contributed by atoms with Gasteiger partial charge in [0.25, 0.3) is 0 Å². The fourth-order valence-electron chi connectivity index (χ4n) is 3.42. The Bertz CT molecular complexity index is 1070. The van der Waals surface area contributed by atoms with Crippen LogP contribution in [-0.4, -0.2) is 56.4 Å². The Labute approximate surface area is 169 Å². The van der Waals surface area contributed by atoms with Gasteiger partial charge in [-0.15, -0.1) is 0 Å². The van der Waals surface area contributed by atoms with Crippen LogP contribution in [0.2, 0.25) is 0 Å². The first-order valence-electron chi connectivity index (χ1n) is 9.08. The Hall–Kier alpha value is -2.56. The molecule has 0 aromatic carbocycles. The number of piperidine rings is 1. The molecular weight excluding hydrogens is 394 g/mol. The minimum atomic E-state index is 0.104. The van der Waals surface area contributed by atoms with Crippen molar-refractivity contribution in [2.45, 2.75) is 18.9 Å². The molecule has 1 aliphatic rings. The van der Waals surface area contributed by atoms with Crippen LogP contribution >= 0.6 is 22.7 Å². The Morgan fingerprint density at radius 2 is 1.93 bits per heavy atom. The zero-order valence-electron chi connectivity index (χ0n) is 15.2. The molecule has 1 aliphatic heterocycles. The maximum absolute atomic E-state index is 10.5. The van der Waals surface area contributed by atoms with Crippen LogP contribution in [0.5, 0.6) is 5.75 Å². The summed E-state index contributed by atoms with van der Waals surface area (Å²) in [4.78, 5) is 17.9. The molecule has 0 bridgehead atoms. The normalized spacial score (nSPS) is 15.3. The van der Waals surface area contributed by atoms with Gasteiger partial charge in [0, 0.05) is 36.6 Å². The highest BCUT2D eigenvalue weighted by Gasteiger charge is 2.22. The van der Waals surface area contributed by atoms with E-state index in [-0.39, 0.29) is 5.75 Å². The van der Waals surface area contributed by atoms with Crippen LogP contribution in [0.15, 0.2) is 24.7 Å². The van der Waals surface area contributed by atoms with E-state index in [1.165, 1.54) is 11.3 Å².